The fraction of sp³-hybridized carbons (Fsp3) is 0.387. The number of alkyl halides is 3. The van der Waals surface area contributed by atoms with Crippen LogP contribution in [0.4, 0.5) is 24.7 Å². The van der Waals surface area contributed by atoms with Gasteiger partial charge in [0.25, 0.3) is 5.91 Å². The number of H-pyrrole nitrogens is 1. The van der Waals surface area contributed by atoms with Gasteiger partial charge in [0.15, 0.2) is 5.82 Å². The van der Waals surface area contributed by atoms with Crippen LogP contribution in [0.1, 0.15) is 60.5 Å². The van der Waals surface area contributed by atoms with E-state index in [0.29, 0.717) is 41.9 Å². The fourth-order valence-corrected chi connectivity index (χ4v) is 6.70. The number of carbonyl (C=O) groups excluding carboxylic acids is 2. The summed E-state index contributed by atoms with van der Waals surface area (Å²) in [5.74, 6) is 1.17. The van der Waals surface area contributed by atoms with Gasteiger partial charge in [0.1, 0.15) is 11.6 Å². The number of rotatable bonds is 5. The number of amides is 2. The number of nitrogens with one attached hydrogen (secondary N) is 1. The van der Waals surface area contributed by atoms with Crippen LogP contribution in [-0.2, 0) is 17.4 Å². The molecule has 2 aromatic carbocycles. The van der Waals surface area contributed by atoms with E-state index in [1.54, 1.807) is 16.0 Å². The number of carbonyl (C=O) groups is 2. The van der Waals surface area contributed by atoms with Gasteiger partial charge in [0.05, 0.1) is 29.4 Å². The molecule has 1 saturated heterocycles. The number of aromatic amines is 1. The van der Waals surface area contributed by atoms with Gasteiger partial charge < -0.3 is 9.88 Å². The van der Waals surface area contributed by atoms with Crippen LogP contribution in [0.2, 0.25) is 0 Å². The van der Waals surface area contributed by atoms with Gasteiger partial charge in [-0.05, 0) is 75.1 Å². The molecule has 44 heavy (non-hydrogen) atoms. The van der Waals surface area contributed by atoms with Gasteiger partial charge in [-0.3, -0.25) is 14.5 Å². The molecular formula is C31H31BrF3N7O2. The smallest absolute Gasteiger partial charge is 0.334 e. The van der Waals surface area contributed by atoms with Crippen molar-refractivity contribution in [3.63, 3.8) is 0 Å². The third-order valence-electron chi connectivity index (χ3n) is 8.29. The van der Waals surface area contributed by atoms with Gasteiger partial charge in [-0.1, -0.05) is 29.8 Å². The fourth-order valence-electron chi connectivity index (χ4n) is 6.23. The lowest BCUT2D eigenvalue weighted by atomic mass is 9.84. The number of benzene rings is 2. The van der Waals surface area contributed by atoms with E-state index < -0.39 is 35.6 Å². The van der Waals surface area contributed by atoms with E-state index in [4.69, 9.17) is 5.10 Å². The molecule has 4 heterocycles. The number of anilines is 2. The molecule has 9 nitrogen and oxygen atoms in total. The third kappa shape index (κ3) is 5.31. The highest BCUT2D eigenvalue weighted by Crippen LogP contribution is 2.45. The molecule has 2 aromatic heterocycles. The number of likely N-dealkylation sites (tertiary alicyclic amines) is 1. The van der Waals surface area contributed by atoms with E-state index >= 15 is 0 Å². The summed E-state index contributed by atoms with van der Waals surface area (Å²) in [7, 11) is 0. The molecule has 1 N–H and O–H groups in total. The lowest BCUT2D eigenvalue weighted by molar-refractivity contribution is -0.138. The second-order valence-corrected chi connectivity index (χ2v) is 12.8. The summed E-state index contributed by atoms with van der Waals surface area (Å²) in [6.07, 6.45) is -1.82. The zero-order chi connectivity index (χ0) is 31.5. The van der Waals surface area contributed by atoms with Gasteiger partial charge in [0, 0.05) is 33.7 Å². The second kappa shape index (κ2) is 11.2. The Morgan fingerprint density at radius 3 is 2.50 bits per heavy atom. The van der Waals surface area contributed by atoms with Gasteiger partial charge in [-0.25, -0.2) is 4.68 Å². The second-order valence-electron chi connectivity index (χ2n) is 11.9. The maximum absolute atomic E-state index is 14.3. The first-order valence-electron chi connectivity index (χ1n) is 14.4. The average molecular weight is 671 g/mol. The molecule has 0 bridgehead atoms. The molecule has 4 aromatic rings. The molecule has 0 radical (unpaired) electrons. The molecule has 1 fully saturated rings. The SMILES string of the molecule is Cc1nnc(-c2ccc(N3C(=O)C4C[C@@H](C)N(C(=O)c5ccc(Br)c(C(F)(F)F)c5)CC4n4ncc(CC(C)C)c43)cc2)[nH]1. The highest BCUT2D eigenvalue weighted by molar-refractivity contribution is 9.10. The van der Waals surface area contributed by atoms with Crippen LogP contribution >= 0.6 is 15.9 Å². The molecule has 230 valence electrons. The van der Waals surface area contributed by atoms with Crippen LogP contribution < -0.4 is 4.90 Å². The number of halogens is 4. The summed E-state index contributed by atoms with van der Waals surface area (Å²) in [4.78, 5) is 34.4. The van der Waals surface area contributed by atoms with Crippen LogP contribution in [0.5, 0.6) is 0 Å². The van der Waals surface area contributed by atoms with Crippen molar-refractivity contribution in [3.8, 4) is 11.4 Å². The lowest BCUT2D eigenvalue weighted by Gasteiger charge is -2.47. The molecular weight excluding hydrogens is 639 g/mol. The van der Waals surface area contributed by atoms with Gasteiger partial charge >= 0.3 is 6.18 Å². The first kappa shape index (κ1) is 30.0. The molecule has 2 unspecified atom stereocenters. The van der Waals surface area contributed by atoms with Crippen molar-refractivity contribution in [2.24, 2.45) is 11.8 Å². The van der Waals surface area contributed by atoms with Gasteiger partial charge in [0.2, 0.25) is 5.91 Å². The predicted molar refractivity (Wildman–Crippen MR) is 161 cm³/mol. The zero-order valence-corrected chi connectivity index (χ0v) is 26.1. The number of hydrogen-bond donors (Lipinski definition) is 1. The Kier molecular flexibility index (Phi) is 7.63. The Morgan fingerprint density at radius 2 is 1.86 bits per heavy atom. The molecule has 2 amide bonds. The van der Waals surface area contributed by atoms with Crippen molar-refractivity contribution in [2.45, 2.75) is 58.8 Å². The Labute approximate surface area is 260 Å². The van der Waals surface area contributed by atoms with Crippen LogP contribution in [-0.4, -0.2) is 54.3 Å². The number of aryl methyl sites for hydroxylation is 1. The minimum Gasteiger partial charge on any atom is -0.334 e. The summed E-state index contributed by atoms with van der Waals surface area (Å²) < 4.78 is 42.5. The van der Waals surface area contributed by atoms with Crippen LogP contribution in [0.25, 0.3) is 11.4 Å². The summed E-state index contributed by atoms with van der Waals surface area (Å²) in [6, 6.07) is 10.2. The molecule has 0 saturated carbocycles. The summed E-state index contributed by atoms with van der Waals surface area (Å²) in [5.41, 5.74) is 1.45. The van der Waals surface area contributed by atoms with E-state index in [1.165, 1.54) is 12.1 Å². The zero-order valence-electron chi connectivity index (χ0n) is 24.6. The molecule has 2 aliphatic rings. The highest BCUT2D eigenvalue weighted by Gasteiger charge is 2.48. The van der Waals surface area contributed by atoms with Crippen LogP contribution in [0.3, 0.4) is 0 Å². The van der Waals surface area contributed by atoms with E-state index in [2.05, 4.69) is 45.0 Å². The van der Waals surface area contributed by atoms with Gasteiger partial charge in [-0.2, -0.15) is 18.3 Å². The Hall–Kier alpha value is -4.00. The molecule has 0 aliphatic carbocycles. The summed E-state index contributed by atoms with van der Waals surface area (Å²) >= 11 is 2.95. The topological polar surface area (TPSA) is 100 Å². The van der Waals surface area contributed by atoms with E-state index in [0.717, 1.165) is 17.2 Å². The van der Waals surface area contributed by atoms with Gasteiger partial charge in [-0.15, -0.1) is 10.2 Å². The Morgan fingerprint density at radius 1 is 1.14 bits per heavy atom. The predicted octanol–water partition coefficient (Wildman–Crippen LogP) is 6.73. The highest BCUT2D eigenvalue weighted by atomic mass is 79.9. The lowest BCUT2D eigenvalue weighted by Crippen LogP contribution is -2.56. The standard InChI is InChI=1S/C31H31BrF3N7O2/c1-16(2)11-21-14-36-42-26-15-40(29(43)20-7-10-25(32)24(13-20)31(33,34)35)17(3)12-23(26)30(44)41(28(21)42)22-8-5-19(6-9-22)27-37-18(4)38-39-27/h5-10,13-14,16-17,23,26H,11-12,15H2,1-4H3,(H,37,38,39)/t17-,23?,26?/m1/s1. The normalized spacial score (nSPS) is 20.2. The monoisotopic (exact) mass is 669 g/mol. The van der Waals surface area contributed by atoms with Crippen LogP contribution in [0, 0.1) is 18.8 Å². The van der Waals surface area contributed by atoms with Crippen molar-refractivity contribution in [1.29, 1.82) is 0 Å². The molecule has 2 aliphatic heterocycles. The summed E-state index contributed by atoms with van der Waals surface area (Å²) in [6.45, 7) is 7.97. The minimum absolute atomic E-state index is 0.0576. The molecule has 3 atom stereocenters. The van der Waals surface area contributed by atoms with Crippen molar-refractivity contribution in [3.05, 3.63) is 75.6 Å². The maximum atomic E-state index is 14.3. The number of hydrogen-bond acceptors (Lipinski definition) is 5. The minimum atomic E-state index is -4.62. The molecule has 0 spiro atoms. The largest absolute Gasteiger partial charge is 0.417 e. The number of fused-ring (bicyclic) bond motifs is 3. The van der Waals surface area contributed by atoms with Crippen molar-refractivity contribution in [2.75, 3.05) is 11.4 Å². The Bertz CT molecular complexity index is 1730. The quantitative estimate of drug-likeness (QED) is 0.254. The van der Waals surface area contributed by atoms with E-state index in [9.17, 15) is 22.8 Å². The van der Waals surface area contributed by atoms with E-state index in [-0.39, 0.29) is 22.5 Å². The van der Waals surface area contributed by atoms with Crippen molar-refractivity contribution < 1.29 is 22.8 Å². The summed E-state index contributed by atoms with van der Waals surface area (Å²) in [5, 5.41) is 12.9. The third-order valence-corrected chi connectivity index (χ3v) is 8.98. The number of aromatic nitrogens is 5. The molecule has 6 rings (SSSR count). The van der Waals surface area contributed by atoms with Crippen molar-refractivity contribution in [1.82, 2.24) is 29.9 Å². The van der Waals surface area contributed by atoms with E-state index in [1.807, 2.05) is 42.8 Å². The van der Waals surface area contributed by atoms with Crippen LogP contribution in [0.15, 0.2) is 53.1 Å². The number of nitrogens with zero attached hydrogens (tertiary/aromatic N) is 6. The average Bonchev–Trinajstić information content (AvgIpc) is 3.59. The Balaban J connectivity index is 1.37. The first-order valence-corrected chi connectivity index (χ1v) is 15.2. The molecule has 13 heteroatoms. The maximum Gasteiger partial charge on any atom is 0.417 e. The number of piperidine rings is 1. The first-order chi connectivity index (χ1) is 20.8. The van der Waals surface area contributed by atoms with Crippen molar-refractivity contribution >= 4 is 39.2 Å².